The molecule has 2 N–H and O–H groups in total. The van der Waals surface area contributed by atoms with Crippen molar-refractivity contribution in [1.82, 2.24) is 5.32 Å². The molecule has 5 rings (SSSR count). The minimum absolute atomic E-state index is 0.631. The van der Waals surface area contributed by atoms with Gasteiger partial charge >= 0.3 is 12.1 Å². The summed E-state index contributed by atoms with van der Waals surface area (Å²) in [6.45, 7) is 1.99. The highest BCUT2D eigenvalue weighted by Crippen LogP contribution is 2.35. The van der Waals surface area contributed by atoms with Crippen LogP contribution in [-0.4, -0.2) is 36.7 Å². The zero-order valence-corrected chi connectivity index (χ0v) is 17.9. The lowest BCUT2D eigenvalue weighted by molar-refractivity contribution is -0.192. The SMILES string of the molecule is C1=NCCN1.O=C(O)C(F)(F)F.c1ccc(-c2cccc(C3Cc4ccccc4C3)c2)cc1. The number of nitrogens with zero attached hydrogens (tertiary/aromatic N) is 1. The number of hydrogen-bond donors (Lipinski definition) is 2. The van der Waals surface area contributed by atoms with Crippen molar-refractivity contribution in [3.63, 3.8) is 0 Å². The van der Waals surface area contributed by atoms with Crippen LogP contribution < -0.4 is 5.32 Å². The highest BCUT2D eigenvalue weighted by Gasteiger charge is 2.38. The van der Waals surface area contributed by atoms with E-state index < -0.39 is 12.1 Å². The molecule has 172 valence electrons. The van der Waals surface area contributed by atoms with E-state index in [9.17, 15) is 13.2 Å². The zero-order valence-electron chi connectivity index (χ0n) is 17.9. The summed E-state index contributed by atoms with van der Waals surface area (Å²) in [5, 5.41) is 10.1. The van der Waals surface area contributed by atoms with Gasteiger partial charge in [0.05, 0.1) is 12.9 Å². The number of carboxylic acids is 1. The van der Waals surface area contributed by atoms with Gasteiger partial charge in [-0.1, -0.05) is 78.9 Å². The summed E-state index contributed by atoms with van der Waals surface area (Å²) in [6.07, 6.45) is -0.997. The second-order valence-electron chi connectivity index (χ2n) is 7.66. The highest BCUT2D eigenvalue weighted by atomic mass is 19.4. The van der Waals surface area contributed by atoms with Crippen molar-refractivity contribution >= 4 is 12.3 Å². The van der Waals surface area contributed by atoms with Gasteiger partial charge in [-0.15, -0.1) is 0 Å². The summed E-state index contributed by atoms with van der Waals surface area (Å²) < 4.78 is 31.7. The van der Waals surface area contributed by atoms with Crippen LogP contribution >= 0.6 is 0 Å². The molecule has 4 nitrogen and oxygen atoms in total. The fraction of sp³-hybridized carbons (Fsp3) is 0.231. The maximum atomic E-state index is 10.6. The first kappa shape index (κ1) is 24.0. The lowest BCUT2D eigenvalue weighted by atomic mass is 9.93. The fourth-order valence-corrected chi connectivity index (χ4v) is 3.72. The molecule has 0 aromatic heterocycles. The predicted octanol–water partition coefficient (Wildman–Crippen LogP) is 5.49. The van der Waals surface area contributed by atoms with Gasteiger partial charge in [-0.25, -0.2) is 4.79 Å². The summed E-state index contributed by atoms with van der Waals surface area (Å²) >= 11 is 0. The van der Waals surface area contributed by atoms with Gasteiger partial charge in [0.1, 0.15) is 0 Å². The zero-order chi connectivity index (χ0) is 23.7. The third kappa shape index (κ3) is 7.20. The molecule has 0 saturated carbocycles. The Hall–Kier alpha value is -3.61. The van der Waals surface area contributed by atoms with Crippen LogP contribution in [0.15, 0.2) is 83.9 Å². The number of nitrogens with one attached hydrogen (secondary N) is 1. The van der Waals surface area contributed by atoms with Crippen LogP contribution in [0.5, 0.6) is 0 Å². The van der Waals surface area contributed by atoms with Gasteiger partial charge in [0, 0.05) is 6.54 Å². The van der Waals surface area contributed by atoms with Gasteiger partial charge in [0.25, 0.3) is 0 Å². The smallest absolute Gasteiger partial charge is 0.475 e. The Bertz CT molecular complexity index is 1050. The van der Waals surface area contributed by atoms with Crippen LogP contribution in [0.25, 0.3) is 11.1 Å². The van der Waals surface area contributed by atoms with Crippen LogP contribution in [0.4, 0.5) is 13.2 Å². The molecule has 1 aliphatic carbocycles. The standard InChI is InChI=1S/C21H18.C3H6N2.C2HF3O2/c1-2-7-16(8-3-1)17-11-6-12-20(13-17)21-14-18-9-4-5-10-19(18)15-21;1-2-5-3-4-1;3-2(4,5)1(6)7/h1-13,21H,14-15H2;3H,1-2H2,(H,4,5);(H,6,7). The fourth-order valence-electron chi connectivity index (χ4n) is 3.72. The molecule has 0 saturated heterocycles. The average molecular weight is 454 g/mol. The number of halogens is 3. The molecule has 2 aliphatic rings. The van der Waals surface area contributed by atoms with Crippen LogP contribution in [-0.2, 0) is 17.6 Å². The van der Waals surface area contributed by atoms with E-state index >= 15 is 0 Å². The molecule has 0 bridgehead atoms. The number of rotatable bonds is 2. The Balaban J connectivity index is 0.000000211. The monoisotopic (exact) mass is 454 g/mol. The molecule has 0 spiro atoms. The highest BCUT2D eigenvalue weighted by molar-refractivity contribution is 5.73. The Kier molecular flexibility index (Phi) is 8.24. The Morgan fingerprint density at radius 2 is 1.45 bits per heavy atom. The maximum absolute atomic E-state index is 10.6. The second-order valence-corrected chi connectivity index (χ2v) is 7.66. The minimum Gasteiger partial charge on any atom is -0.475 e. The number of fused-ring (bicyclic) bond motifs is 1. The third-order valence-corrected chi connectivity index (χ3v) is 5.33. The van der Waals surface area contributed by atoms with Crippen molar-refractivity contribution in [1.29, 1.82) is 0 Å². The molecule has 0 radical (unpaired) electrons. The number of aliphatic imine (C=N–C) groups is 1. The Morgan fingerprint density at radius 3 is 1.94 bits per heavy atom. The predicted molar refractivity (Wildman–Crippen MR) is 124 cm³/mol. The normalized spacial score (nSPS) is 14.3. The maximum Gasteiger partial charge on any atom is 0.490 e. The molecule has 3 aromatic carbocycles. The van der Waals surface area contributed by atoms with Gasteiger partial charge in [0.15, 0.2) is 0 Å². The van der Waals surface area contributed by atoms with Gasteiger partial charge < -0.3 is 10.4 Å². The first-order chi connectivity index (χ1) is 15.8. The largest absolute Gasteiger partial charge is 0.490 e. The number of benzene rings is 3. The summed E-state index contributed by atoms with van der Waals surface area (Å²) in [4.78, 5) is 12.7. The topological polar surface area (TPSA) is 61.7 Å². The second kappa shape index (κ2) is 11.3. The molecular weight excluding hydrogens is 429 g/mol. The molecule has 0 fully saturated rings. The Labute approximate surface area is 190 Å². The summed E-state index contributed by atoms with van der Waals surface area (Å²) in [6, 6.07) is 28.6. The van der Waals surface area contributed by atoms with E-state index in [0.717, 1.165) is 13.1 Å². The van der Waals surface area contributed by atoms with Gasteiger partial charge in [-0.05, 0) is 46.6 Å². The number of carbonyl (C=O) groups is 1. The molecular formula is C26H25F3N2O2. The average Bonchev–Trinajstić information content (AvgIpc) is 3.53. The van der Waals surface area contributed by atoms with Crippen LogP contribution in [0.3, 0.4) is 0 Å². The minimum atomic E-state index is -5.08. The van der Waals surface area contributed by atoms with E-state index in [-0.39, 0.29) is 0 Å². The first-order valence-electron chi connectivity index (χ1n) is 10.6. The van der Waals surface area contributed by atoms with Gasteiger partial charge in [-0.2, -0.15) is 13.2 Å². The van der Waals surface area contributed by atoms with E-state index in [2.05, 4.69) is 89.2 Å². The lowest BCUT2D eigenvalue weighted by Gasteiger charge is -2.11. The summed E-state index contributed by atoms with van der Waals surface area (Å²) in [7, 11) is 0. The molecule has 0 unspecified atom stereocenters. The van der Waals surface area contributed by atoms with Crippen LogP contribution in [0, 0.1) is 0 Å². The van der Waals surface area contributed by atoms with E-state index in [0.29, 0.717) is 5.92 Å². The van der Waals surface area contributed by atoms with Crippen molar-refractivity contribution in [2.45, 2.75) is 24.9 Å². The molecule has 7 heteroatoms. The summed E-state index contributed by atoms with van der Waals surface area (Å²) in [5.74, 6) is -2.13. The van der Waals surface area contributed by atoms with Crippen LogP contribution in [0.1, 0.15) is 22.6 Å². The van der Waals surface area contributed by atoms with Gasteiger partial charge in [0.2, 0.25) is 0 Å². The molecule has 0 amide bonds. The van der Waals surface area contributed by atoms with Crippen LogP contribution in [0.2, 0.25) is 0 Å². The third-order valence-electron chi connectivity index (χ3n) is 5.33. The van der Waals surface area contributed by atoms with Crippen molar-refractivity contribution in [2.24, 2.45) is 4.99 Å². The molecule has 1 heterocycles. The quantitative estimate of drug-likeness (QED) is 0.539. The van der Waals surface area contributed by atoms with E-state index in [1.165, 1.54) is 40.7 Å². The van der Waals surface area contributed by atoms with Crippen molar-refractivity contribution in [2.75, 3.05) is 13.1 Å². The number of hydrogen-bond acceptors (Lipinski definition) is 3. The molecule has 0 atom stereocenters. The Morgan fingerprint density at radius 1 is 0.879 bits per heavy atom. The lowest BCUT2D eigenvalue weighted by Crippen LogP contribution is -2.21. The van der Waals surface area contributed by atoms with Crippen molar-refractivity contribution in [3.05, 3.63) is 95.6 Å². The molecule has 33 heavy (non-hydrogen) atoms. The van der Waals surface area contributed by atoms with E-state index in [1.807, 2.05) is 0 Å². The molecule has 3 aromatic rings. The number of alkyl halides is 3. The molecule has 1 aliphatic heterocycles. The van der Waals surface area contributed by atoms with E-state index in [4.69, 9.17) is 9.90 Å². The van der Waals surface area contributed by atoms with Gasteiger partial charge in [-0.3, -0.25) is 4.99 Å². The number of aliphatic carboxylic acids is 1. The van der Waals surface area contributed by atoms with Crippen molar-refractivity contribution < 1.29 is 23.1 Å². The first-order valence-corrected chi connectivity index (χ1v) is 10.6. The summed E-state index contributed by atoms with van der Waals surface area (Å²) in [5.41, 5.74) is 7.13. The number of carboxylic acid groups (broad SMARTS) is 1. The van der Waals surface area contributed by atoms with E-state index in [1.54, 1.807) is 6.34 Å². The van der Waals surface area contributed by atoms with Crippen molar-refractivity contribution in [3.8, 4) is 11.1 Å².